The standard InChI is InChI=1S/C19H17ClN2O3/c1-25-17-7-6-13(20)10-15(17)22-18(23)11-16(19(22)24)21-9-8-12-4-2-3-5-14(12)21/h2-7,10,16H,8-9,11H2,1H3. The Morgan fingerprint density at radius 2 is 1.92 bits per heavy atom. The maximum atomic E-state index is 13.1. The van der Waals surface area contributed by atoms with Crippen LogP contribution in [-0.2, 0) is 16.0 Å². The topological polar surface area (TPSA) is 49.9 Å². The van der Waals surface area contributed by atoms with E-state index in [9.17, 15) is 9.59 Å². The van der Waals surface area contributed by atoms with Crippen molar-refractivity contribution in [2.45, 2.75) is 18.9 Å². The fraction of sp³-hybridized carbons (Fsp3) is 0.263. The maximum absolute atomic E-state index is 13.1. The number of carbonyl (C=O) groups is 2. The molecule has 1 unspecified atom stereocenters. The van der Waals surface area contributed by atoms with E-state index < -0.39 is 6.04 Å². The van der Waals surface area contributed by atoms with Crippen molar-refractivity contribution in [2.24, 2.45) is 0 Å². The molecule has 6 heteroatoms. The number of carbonyl (C=O) groups excluding carboxylic acids is 2. The van der Waals surface area contributed by atoms with Crippen LogP contribution < -0.4 is 14.5 Å². The molecular formula is C19H17ClN2O3. The highest BCUT2D eigenvalue weighted by atomic mass is 35.5. The molecule has 4 rings (SSSR count). The summed E-state index contributed by atoms with van der Waals surface area (Å²) in [6.07, 6.45) is 1.04. The zero-order chi connectivity index (χ0) is 17.6. The number of fused-ring (bicyclic) bond motifs is 1. The van der Waals surface area contributed by atoms with Crippen molar-refractivity contribution in [1.29, 1.82) is 0 Å². The molecule has 2 amide bonds. The van der Waals surface area contributed by atoms with Gasteiger partial charge in [0.15, 0.2) is 0 Å². The van der Waals surface area contributed by atoms with Gasteiger partial charge in [-0.1, -0.05) is 29.8 Å². The third kappa shape index (κ3) is 2.55. The average Bonchev–Trinajstić information content (AvgIpc) is 3.15. The van der Waals surface area contributed by atoms with Crippen LogP contribution in [0.3, 0.4) is 0 Å². The minimum atomic E-state index is -0.486. The Kier molecular flexibility index (Phi) is 3.88. The first-order valence-electron chi connectivity index (χ1n) is 8.15. The molecule has 0 bridgehead atoms. The van der Waals surface area contributed by atoms with Crippen LogP contribution in [0.5, 0.6) is 5.75 Å². The van der Waals surface area contributed by atoms with Crippen LogP contribution in [0.2, 0.25) is 5.02 Å². The van der Waals surface area contributed by atoms with Crippen molar-refractivity contribution >= 4 is 34.8 Å². The summed E-state index contributed by atoms with van der Waals surface area (Å²) < 4.78 is 5.31. The SMILES string of the molecule is COc1ccc(Cl)cc1N1C(=O)CC(N2CCc3ccccc32)C1=O. The van der Waals surface area contributed by atoms with Crippen LogP contribution in [0.25, 0.3) is 0 Å². The number of anilines is 2. The van der Waals surface area contributed by atoms with E-state index in [0.29, 0.717) is 16.5 Å². The van der Waals surface area contributed by atoms with Crippen molar-refractivity contribution in [3.63, 3.8) is 0 Å². The number of methoxy groups -OCH3 is 1. The molecule has 0 radical (unpaired) electrons. The quantitative estimate of drug-likeness (QED) is 0.793. The molecule has 1 fully saturated rings. The first-order chi connectivity index (χ1) is 12.1. The van der Waals surface area contributed by atoms with Gasteiger partial charge in [-0.15, -0.1) is 0 Å². The second-order valence-corrected chi connectivity index (χ2v) is 6.61. The van der Waals surface area contributed by atoms with Crippen LogP contribution in [-0.4, -0.2) is 31.5 Å². The summed E-state index contributed by atoms with van der Waals surface area (Å²) in [5.74, 6) is -0.0178. The van der Waals surface area contributed by atoms with Gasteiger partial charge < -0.3 is 9.64 Å². The second-order valence-electron chi connectivity index (χ2n) is 6.18. The predicted molar refractivity (Wildman–Crippen MR) is 96.4 cm³/mol. The lowest BCUT2D eigenvalue weighted by molar-refractivity contribution is -0.121. The molecule has 0 saturated carbocycles. The molecule has 1 atom stereocenters. The van der Waals surface area contributed by atoms with Crippen LogP contribution >= 0.6 is 11.6 Å². The fourth-order valence-electron chi connectivity index (χ4n) is 3.64. The summed E-state index contributed by atoms with van der Waals surface area (Å²) in [7, 11) is 1.51. The number of nitrogens with zero attached hydrogens (tertiary/aromatic N) is 2. The van der Waals surface area contributed by atoms with Gasteiger partial charge in [-0.3, -0.25) is 9.59 Å². The van der Waals surface area contributed by atoms with Crippen LogP contribution in [0.1, 0.15) is 12.0 Å². The summed E-state index contributed by atoms with van der Waals surface area (Å²) in [6, 6.07) is 12.5. The minimum absolute atomic E-state index is 0.156. The Balaban J connectivity index is 1.69. The lowest BCUT2D eigenvalue weighted by Crippen LogP contribution is -2.41. The van der Waals surface area contributed by atoms with E-state index in [1.807, 2.05) is 23.1 Å². The van der Waals surface area contributed by atoms with E-state index in [1.165, 1.54) is 17.6 Å². The molecular weight excluding hydrogens is 340 g/mol. The first-order valence-corrected chi connectivity index (χ1v) is 8.53. The number of hydrogen-bond donors (Lipinski definition) is 0. The third-order valence-corrected chi connectivity index (χ3v) is 5.04. The van der Waals surface area contributed by atoms with Crippen molar-refractivity contribution < 1.29 is 14.3 Å². The molecule has 0 aliphatic carbocycles. The summed E-state index contributed by atoms with van der Waals surface area (Å²) in [5, 5.41) is 0.450. The van der Waals surface area contributed by atoms with Crippen LogP contribution in [0.15, 0.2) is 42.5 Å². The Morgan fingerprint density at radius 3 is 2.72 bits per heavy atom. The van der Waals surface area contributed by atoms with Crippen molar-refractivity contribution in [1.82, 2.24) is 0 Å². The zero-order valence-corrected chi connectivity index (χ0v) is 14.5. The molecule has 2 aromatic rings. The van der Waals surface area contributed by atoms with E-state index >= 15 is 0 Å². The van der Waals surface area contributed by atoms with Gasteiger partial charge in [-0.25, -0.2) is 4.90 Å². The molecule has 0 spiro atoms. The fourth-order valence-corrected chi connectivity index (χ4v) is 3.80. The second kappa shape index (κ2) is 6.08. The van der Waals surface area contributed by atoms with Gasteiger partial charge in [0.1, 0.15) is 11.8 Å². The minimum Gasteiger partial charge on any atom is -0.495 e. The van der Waals surface area contributed by atoms with E-state index in [-0.39, 0.29) is 18.2 Å². The molecule has 2 aliphatic rings. The van der Waals surface area contributed by atoms with Gasteiger partial charge in [0.05, 0.1) is 19.2 Å². The molecule has 0 aromatic heterocycles. The Labute approximate surface area is 150 Å². The predicted octanol–water partition coefficient (Wildman–Crippen LogP) is 3.04. The smallest absolute Gasteiger partial charge is 0.257 e. The number of rotatable bonds is 3. The molecule has 2 aromatic carbocycles. The van der Waals surface area contributed by atoms with E-state index in [2.05, 4.69) is 6.07 Å². The average molecular weight is 357 g/mol. The number of imide groups is 1. The van der Waals surface area contributed by atoms with Crippen molar-refractivity contribution in [2.75, 3.05) is 23.5 Å². The summed E-state index contributed by atoms with van der Waals surface area (Å²) in [6.45, 7) is 0.740. The molecule has 1 saturated heterocycles. The lowest BCUT2D eigenvalue weighted by atomic mass is 10.1. The van der Waals surface area contributed by atoms with E-state index in [4.69, 9.17) is 16.3 Å². The van der Waals surface area contributed by atoms with Gasteiger partial charge in [-0.05, 0) is 36.2 Å². The third-order valence-electron chi connectivity index (χ3n) is 4.80. The van der Waals surface area contributed by atoms with Crippen LogP contribution in [0, 0.1) is 0 Å². The number of para-hydroxylation sites is 1. The normalized spacial score (nSPS) is 19.5. The highest BCUT2D eigenvalue weighted by Gasteiger charge is 2.45. The largest absolute Gasteiger partial charge is 0.495 e. The summed E-state index contributed by atoms with van der Waals surface area (Å²) >= 11 is 6.06. The molecule has 128 valence electrons. The Morgan fingerprint density at radius 1 is 1.12 bits per heavy atom. The number of halogens is 1. The molecule has 2 aliphatic heterocycles. The Hall–Kier alpha value is -2.53. The number of hydrogen-bond acceptors (Lipinski definition) is 4. The molecule has 2 heterocycles. The van der Waals surface area contributed by atoms with Gasteiger partial charge in [-0.2, -0.15) is 0 Å². The molecule has 5 nitrogen and oxygen atoms in total. The number of benzene rings is 2. The zero-order valence-electron chi connectivity index (χ0n) is 13.7. The van der Waals surface area contributed by atoms with Gasteiger partial charge in [0.25, 0.3) is 5.91 Å². The number of ether oxygens (including phenoxy) is 1. The monoisotopic (exact) mass is 356 g/mol. The highest BCUT2D eigenvalue weighted by molar-refractivity contribution is 6.31. The van der Waals surface area contributed by atoms with E-state index in [0.717, 1.165) is 18.7 Å². The van der Waals surface area contributed by atoms with Crippen molar-refractivity contribution in [3.05, 3.63) is 53.1 Å². The molecule has 0 N–H and O–H groups in total. The van der Waals surface area contributed by atoms with Gasteiger partial charge in [0, 0.05) is 17.3 Å². The lowest BCUT2D eigenvalue weighted by Gasteiger charge is -2.25. The van der Waals surface area contributed by atoms with Crippen molar-refractivity contribution in [3.8, 4) is 5.75 Å². The van der Waals surface area contributed by atoms with Crippen LogP contribution in [0.4, 0.5) is 11.4 Å². The van der Waals surface area contributed by atoms with Gasteiger partial charge in [0.2, 0.25) is 5.91 Å². The first kappa shape index (κ1) is 16.0. The number of amides is 2. The van der Waals surface area contributed by atoms with E-state index in [1.54, 1.807) is 18.2 Å². The maximum Gasteiger partial charge on any atom is 0.257 e. The summed E-state index contributed by atoms with van der Waals surface area (Å²) in [4.78, 5) is 28.9. The van der Waals surface area contributed by atoms with Gasteiger partial charge >= 0.3 is 0 Å². The summed E-state index contributed by atoms with van der Waals surface area (Å²) in [5.41, 5.74) is 2.65. The molecule has 25 heavy (non-hydrogen) atoms. The Bertz CT molecular complexity index is 867. The highest BCUT2D eigenvalue weighted by Crippen LogP contribution is 2.38.